The van der Waals surface area contributed by atoms with E-state index in [0.717, 1.165) is 74.5 Å². The smallest absolute Gasteiger partial charge is 0.0824 e. The van der Waals surface area contributed by atoms with Gasteiger partial charge in [-0.15, -0.1) is 0 Å². The van der Waals surface area contributed by atoms with E-state index in [9.17, 15) is 0 Å². The van der Waals surface area contributed by atoms with Crippen molar-refractivity contribution in [3.63, 3.8) is 0 Å². The Labute approximate surface area is 215 Å². The fraction of sp³-hybridized carbons (Fsp3) is 0.194. The molecule has 0 aliphatic carbocycles. The summed E-state index contributed by atoms with van der Waals surface area (Å²) in [7, 11) is 0. The summed E-state index contributed by atoms with van der Waals surface area (Å²) in [5.41, 5.74) is 10.5. The molecule has 0 saturated heterocycles. The van der Waals surface area contributed by atoms with Crippen LogP contribution >= 0.6 is 0 Å². The van der Waals surface area contributed by atoms with Gasteiger partial charge in [-0.2, -0.15) is 0 Å². The summed E-state index contributed by atoms with van der Waals surface area (Å²) in [6.45, 7) is 5.00. The highest BCUT2D eigenvalue weighted by atomic mass is 16.5. The van der Waals surface area contributed by atoms with Crippen LogP contribution in [0.3, 0.4) is 0 Å². The van der Waals surface area contributed by atoms with Crippen molar-refractivity contribution in [2.75, 3.05) is 6.61 Å². The van der Waals surface area contributed by atoms with E-state index in [1.54, 1.807) is 0 Å². The number of aromatic nitrogens is 5. The van der Waals surface area contributed by atoms with Crippen molar-refractivity contribution in [2.45, 2.75) is 32.8 Å². The van der Waals surface area contributed by atoms with E-state index in [4.69, 9.17) is 19.7 Å². The number of nitrogens with zero attached hydrogens (tertiary/aromatic N) is 3. The lowest BCUT2D eigenvalue weighted by Gasteiger charge is -2.15. The highest BCUT2D eigenvalue weighted by Gasteiger charge is 2.21. The minimum absolute atomic E-state index is 0.134. The van der Waals surface area contributed by atoms with Crippen LogP contribution in [0.2, 0.25) is 0 Å². The molecular weight excluding hydrogens is 458 g/mol. The number of hydrogen-bond donors (Lipinski definition) is 2. The zero-order valence-electron chi connectivity index (χ0n) is 21.0. The quantitative estimate of drug-likeness (QED) is 0.237. The second-order valence-corrected chi connectivity index (χ2v) is 9.36. The Hall–Kier alpha value is -4.29. The number of nitrogens with one attached hydrogen (secondary N) is 2. The average Bonchev–Trinajstić information content (AvgIpc) is 3.69. The summed E-state index contributed by atoms with van der Waals surface area (Å²) < 4.78 is 6.33. The van der Waals surface area contributed by atoms with E-state index < -0.39 is 0 Å². The van der Waals surface area contributed by atoms with Gasteiger partial charge in [-0.25, -0.2) is 9.97 Å². The lowest BCUT2D eigenvalue weighted by atomic mass is 10.0. The first-order valence-electron chi connectivity index (χ1n) is 12.8. The molecule has 2 aliphatic rings. The van der Waals surface area contributed by atoms with Crippen molar-refractivity contribution >= 4 is 46.4 Å². The highest BCUT2D eigenvalue weighted by molar-refractivity contribution is 5.91. The molecule has 4 aromatic heterocycles. The molecule has 1 atom stereocenters. The van der Waals surface area contributed by atoms with Gasteiger partial charge in [0.2, 0.25) is 0 Å². The molecule has 4 aromatic rings. The molecule has 184 valence electrons. The van der Waals surface area contributed by atoms with Crippen LogP contribution in [0, 0.1) is 0 Å². The first-order chi connectivity index (χ1) is 18.2. The number of aromatic amines is 2. The minimum atomic E-state index is -0.134. The zero-order chi connectivity index (χ0) is 25.2. The molecule has 0 aromatic carbocycles. The van der Waals surface area contributed by atoms with E-state index in [-0.39, 0.29) is 6.10 Å². The van der Waals surface area contributed by atoms with Crippen molar-refractivity contribution in [3.8, 4) is 11.3 Å². The fourth-order valence-electron chi connectivity index (χ4n) is 4.80. The van der Waals surface area contributed by atoms with Crippen LogP contribution in [-0.2, 0) is 4.74 Å². The molecule has 0 saturated carbocycles. The van der Waals surface area contributed by atoms with Gasteiger partial charge in [0.1, 0.15) is 0 Å². The summed E-state index contributed by atoms with van der Waals surface area (Å²) in [6.07, 6.45) is 12.0. The van der Waals surface area contributed by atoms with Crippen molar-refractivity contribution < 1.29 is 4.74 Å². The molecule has 0 fully saturated rings. The summed E-state index contributed by atoms with van der Waals surface area (Å²) in [6, 6.07) is 18.4. The number of ether oxygens (including phenoxy) is 1. The number of rotatable bonds is 6. The largest absolute Gasteiger partial charge is 0.374 e. The van der Waals surface area contributed by atoms with Crippen LogP contribution in [0.4, 0.5) is 0 Å². The van der Waals surface area contributed by atoms with E-state index in [2.05, 4.69) is 54.1 Å². The van der Waals surface area contributed by atoms with Crippen LogP contribution < -0.4 is 0 Å². The van der Waals surface area contributed by atoms with Crippen LogP contribution in [0.1, 0.15) is 61.1 Å². The van der Waals surface area contributed by atoms with Gasteiger partial charge in [0.25, 0.3) is 0 Å². The highest BCUT2D eigenvalue weighted by Crippen LogP contribution is 2.37. The SMILES string of the molecule is CCCCOC(C)c1c(-c2ccccn2)c2cc3nc(cc4ccc(cc5nc(cc1[nH]2)C=C5)[nH]4)C=C3. The second kappa shape index (κ2) is 9.99. The van der Waals surface area contributed by atoms with Crippen molar-refractivity contribution in [1.29, 1.82) is 0 Å². The van der Waals surface area contributed by atoms with Crippen LogP contribution in [0.25, 0.3) is 57.6 Å². The number of pyridine rings is 1. The molecule has 6 rings (SSSR count). The van der Waals surface area contributed by atoms with Crippen LogP contribution in [0.5, 0.6) is 0 Å². The Balaban J connectivity index is 1.67. The lowest BCUT2D eigenvalue weighted by Crippen LogP contribution is -2.03. The predicted molar refractivity (Wildman–Crippen MR) is 151 cm³/mol. The monoisotopic (exact) mass is 487 g/mol. The van der Waals surface area contributed by atoms with Gasteiger partial charge in [-0.3, -0.25) is 4.98 Å². The molecular formula is C31H29N5O. The predicted octanol–water partition coefficient (Wildman–Crippen LogP) is 7.60. The third-order valence-electron chi connectivity index (χ3n) is 6.58. The lowest BCUT2D eigenvalue weighted by molar-refractivity contribution is 0.0650. The van der Waals surface area contributed by atoms with Gasteiger partial charge in [0.05, 0.1) is 40.1 Å². The standard InChI is InChI=1S/C31H29N5O/c1-3-4-15-37-20(2)30-28-18-25-12-10-23(34-25)16-21-8-9-22(33-21)17-24-11-13-26(35-24)19-29(36-28)31(30)27-7-5-6-14-32-27/h5-14,16-20,33,36H,3-4,15H2,1-2H3. The number of hydrogen-bond acceptors (Lipinski definition) is 4. The zero-order valence-corrected chi connectivity index (χ0v) is 21.0. The van der Waals surface area contributed by atoms with E-state index >= 15 is 0 Å². The third-order valence-corrected chi connectivity index (χ3v) is 6.58. The van der Waals surface area contributed by atoms with Gasteiger partial charge < -0.3 is 14.7 Å². The molecule has 0 radical (unpaired) electrons. The Morgan fingerprint density at radius 3 is 2.05 bits per heavy atom. The molecule has 0 amide bonds. The minimum Gasteiger partial charge on any atom is -0.374 e. The van der Waals surface area contributed by atoms with Crippen molar-refractivity contribution in [2.24, 2.45) is 0 Å². The summed E-state index contributed by atoms with van der Waals surface area (Å²) >= 11 is 0. The Morgan fingerprint density at radius 1 is 0.784 bits per heavy atom. The topological polar surface area (TPSA) is 79.5 Å². The number of H-pyrrole nitrogens is 2. The molecule has 2 N–H and O–H groups in total. The van der Waals surface area contributed by atoms with Gasteiger partial charge in [0.15, 0.2) is 0 Å². The normalized spacial score (nSPS) is 13.2. The summed E-state index contributed by atoms with van der Waals surface area (Å²) in [5, 5.41) is 0. The van der Waals surface area contributed by atoms with E-state index in [0.29, 0.717) is 6.61 Å². The number of unbranched alkanes of at least 4 members (excludes halogenated alkanes) is 1. The molecule has 6 heteroatoms. The third kappa shape index (κ3) is 4.88. The maximum Gasteiger partial charge on any atom is 0.0824 e. The molecule has 1 unspecified atom stereocenters. The van der Waals surface area contributed by atoms with Gasteiger partial charge in [0, 0.05) is 40.5 Å². The molecule has 0 spiro atoms. The first kappa shape index (κ1) is 23.1. The molecule has 6 nitrogen and oxygen atoms in total. The maximum atomic E-state index is 6.33. The summed E-state index contributed by atoms with van der Waals surface area (Å²) in [5.74, 6) is 0. The Morgan fingerprint density at radius 2 is 1.43 bits per heavy atom. The summed E-state index contributed by atoms with van der Waals surface area (Å²) in [4.78, 5) is 21.5. The Kier molecular flexibility index (Phi) is 6.25. The van der Waals surface area contributed by atoms with Crippen molar-refractivity contribution in [3.05, 3.63) is 89.1 Å². The fourth-order valence-corrected chi connectivity index (χ4v) is 4.80. The Bertz CT molecular complexity index is 1660. The number of fused-ring (bicyclic) bond motifs is 8. The average molecular weight is 488 g/mol. The van der Waals surface area contributed by atoms with Crippen LogP contribution in [0.15, 0.2) is 60.8 Å². The van der Waals surface area contributed by atoms with Gasteiger partial charge >= 0.3 is 0 Å². The van der Waals surface area contributed by atoms with E-state index in [1.165, 1.54) is 0 Å². The molecule has 8 bridgehead atoms. The second-order valence-electron chi connectivity index (χ2n) is 9.36. The van der Waals surface area contributed by atoms with Gasteiger partial charge in [-0.05, 0) is 86.2 Å². The van der Waals surface area contributed by atoms with E-state index in [1.807, 2.05) is 54.8 Å². The maximum absolute atomic E-state index is 6.33. The van der Waals surface area contributed by atoms with Crippen molar-refractivity contribution in [1.82, 2.24) is 24.9 Å². The molecule has 37 heavy (non-hydrogen) atoms. The molecule has 6 heterocycles. The molecule has 2 aliphatic heterocycles. The van der Waals surface area contributed by atoms with Crippen LogP contribution in [-0.4, -0.2) is 31.5 Å². The first-order valence-corrected chi connectivity index (χ1v) is 12.8. The van der Waals surface area contributed by atoms with Gasteiger partial charge in [-0.1, -0.05) is 19.4 Å².